The highest BCUT2D eigenvalue weighted by Crippen LogP contribution is 2.50. The second kappa shape index (κ2) is 24.1. The lowest BCUT2D eigenvalue weighted by molar-refractivity contribution is -0.150. The maximum absolute atomic E-state index is 13.9. The topological polar surface area (TPSA) is 275 Å². The van der Waals surface area contributed by atoms with Gasteiger partial charge in [-0.05, 0) is 18.1 Å². The number of carboxylic acid groups (broad SMARTS) is 1. The number of hydrogen-bond acceptors (Lipinski definition) is 16. The molecule has 21 nitrogen and oxygen atoms in total. The zero-order valence-electron chi connectivity index (χ0n) is 32.1. The monoisotopic (exact) mass is 847 g/mol. The van der Waals surface area contributed by atoms with Gasteiger partial charge in [-0.1, -0.05) is 61.7 Å². The van der Waals surface area contributed by atoms with Crippen molar-refractivity contribution in [3.05, 3.63) is 96.6 Å². The number of amides is 3. The van der Waals surface area contributed by atoms with Gasteiger partial charge in [-0.15, -0.1) is 6.58 Å². The van der Waals surface area contributed by atoms with Crippen molar-refractivity contribution in [2.45, 2.75) is 63.1 Å². The molecule has 1 aliphatic heterocycles. The molecule has 320 valence electrons. The van der Waals surface area contributed by atoms with E-state index in [1.807, 2.05) is 6.07 Å². The highest BCUT2D eigenvalue weighted by Gasteiger charge is 2.42. The SMILES string of the molecule is C=CCOC(=O)CC[C@H](NC(=O)[C@H](COP(=O)(OCC=C)OC[C@H]1O[C@@H](n2ccc(NC(=O)Cc3ccccc3)nc2=O)C[C@@H]1OC(C)=O)NC(=O)OCC=C)C(=O)O. The van der Waals surface area contributed by atoms with Crippen LogP contribution in [0.4, 0.5) is 10.6 Å². The van der Waals surface area contributed by atoms with Crippen molar-refractivity contribution in [2.24, 2.45) is 0 Å². The maximum atomic E-state index is 13.9. The number of esters is 2. The number of anilines is 1. The number of aliphatic carboxylic acids is 1. The highest BCUT2D eigenvalue weighted by atomic mass is 31.2. The second-order valence-electron chi connectivity index (χ2n) is 12.3. The molecule has 1 fully saturated rings. The third-order valence-corrected chi connectivity index (χ3v) is 9.21. The smallest absolute Gasteiger partial charge is 0.475 e. The summed E-state index contributed by atoms with van der Waals surface area (Å²) >= 11 is 0. The number of hydrogen-bond donors (Lipinski definition) is 4. The fourth-order valence-electron chi connectivity index (χ4n) is 5.13. The minimum absolute atomic E-state index is 0.0167. The molecule has 3 rings (SSSR count). The Morgan fingerprint density at radius 2 is 1.66 bits per heavy atom. The number of phosphoric acid groups is 1. The van der Waals surface area contributed by atoms with Crippen LogP contribution in [0.5, 0.6) is 0 Å². The minimum atomic E-state index is -4.73. The molecule has 2 aromatic rings. The summed E-state index contributed by atoms with van der Waals surface area (Å²) in [4.78, 5) is 91.0. The predicted octanol–water partition coefficient (Wildman–Crippen LogP) is 2.35. The van der Waals surface area contributed by atoms with Crippen LogP contribution in [0.3, 0.4) is 0 Å². The number of phosphoric ester groups is 1. The van der Waals surface area contributed by atoms with E-state index in [1.165, 1.54) is 30.5 Å². The van der Waals surface area contributed by atoms with Crippen molar-refractivity contribution in [1.82, 2.24) is 20.2 Å². The molecule has 1 aromatic carbocycles. The Morgan fingerprint density at radius 1 is 0.966 bits per heavy atom. The molecule has 59 heavy (non-hydrogen) atoms. The molecule has 0 aliphatic carbocycles. The van der Waals surface area contributed by atoms with E-state index in [-0.39, 0.29) is 31.9 Å². The fraction of sp³-hybridized carbons (Fsp3) is 0.405. The molecular formula is C37H46N5O16P. The lowest BCUT2D eigenvalue weighted by Gasteiger charge is -2.25. The average molecular weight is 848 g/mol. The summed E-state index contributed by atoms with van der Waals surface area (Å²) in [5.41, 5.74) is -0.0697. The Bertz CT molecular complexity index is 1920. The summed E-state index contributed by atoms with van der Waals surface area (Å²) in [5, 5.41) is 16.6. The average Bonchev–Trinajstić information content (AvgIpc) is 3.59. The van der Waals surface area contributed by atoms with Crippen LogP contribution < -0.4 is 21.6 Å². The van der Waals surface area contributed by atoms with Crippen LogP contribution >= 0.6 is 7.82 Å². The highest BCUT2D eigenvalue weighted by molar-refractivity contribution is 7.48. The van der Waals surface area contributed by atoms with Gasteiger partial charge in [-0.2, -0.15) is 4.98 Å². The molecule has 0 bridgehead atoms. The van der Waals surface area contributed by atoms with E-state index < -0.39 is 113 Å². The molecular weight excluding hydrogens is 801 g/mol. The van der Waals surface area contributed by atoms with Gasteiger partial charge in [0, 0.05) is 26.0 Å². The van der Waals surface area contributed by atoms with Crippen molar-refractivity contribution in [3.63, 3.8) is 0 Å². The van der Waals surface area contributed by atoms with Crippen molar-refractivity contribution in [2.75, 3.05) is 38.4 Å². The number of carbonyl (C=O) groups excluding carboxylic acids is 5. The van der Waals surface area contributed by atoms with Crippen molar-refractivity contribution in [3.8, 4) is 0 Å². The molecule has 6 atom stereocenters. The predicted molar refractivity (Wildman–Crippen MR) is 205 cm³/mol. The first-order chi connectivity index (χ1) is 28.2. The van der Waals surface area contributed by atoms with Crippen molar-refractivity contribution in [1.29, 1.82) is 0 Å². The summed E-state index contributed by atoms with van der Waals surface area (Å²) in [6.07, 6.45) is -0.305. The first kappa shape index (κ1) is 47.4. The number of rotatable bonds is 25. The Balaban J connectivity index is 1.74. The molecule has 1 aromatic heterocycles. The number of nitrogens with one attached hydrogen (secondary N) is 3. The van der Waals surface area contributed by atoms with E-state index in [0.29, 0.717) is 0 Å². The summed E-state index contributed by atoms with van der Waals surface area (Å²) in [5.74, 6) is -4.58. The lowest BCUT2D eigenvalue weighted by atomic mass is 10.1. The van der Waals surface area contributed by atoms with E-state index in [0.717, 1.165) is 17.1 Å². The van der Waals surface area contributed by atoms with Gasteiger partial charge in [-0.25, -0.2) is 18.9 Å². The van der Waals surface area contributed by atoms with Crippen LogP contribution in [-0.2, 0) is 67.5 Å². The fourth-order valence-corrected chi connectivity index (χ4v) is 6.30. The van der Waals surface area contributed by atoms with Gasteiger partial charge in [-0.3, -0.25) is 37.3 Å². The Morgan fingerprint density at radius 3 is 2.31 bits per heavy atom. The molecule has 4 N–H and O–H groups in total. The first-order valence-electron chi connectivity index (χ1n) is 17.9. The zero-order chi connectivity index (χ0) is 43.4. The third kappa shape index (κ3) is 16.4. The van der Waals surface area contributed by atoms with Crippen LogP contribution in [0, 0.1) is 0 Å². The molecule has 0 radical (unpaired) electrons. The van der Waals surface area contributed by atoms with E-state index in [1.54, 1.807) is 24.3 Å². The molecule has 1 aliphatic rings. The van der Waals surface area contributed by atoms with E-state index in [2.05, 4.69) is 40.7 Å². The summed E-state index contributed by atoms with van der Waals surface area (Å²) in [7, 11) is -4.73. The number of nitrogens with zero attached hydrogens (tertiary/aromatic N) is 2. The molecule has 0 saturated carbocycles. The number of carboxylic acids is 1. The molecule has 3 amide bonds. The molecule has 1 unspecified atom stereocenters. The largest absolute Gasteiger partial charge is 0.480 e. The van der Waals surface area contributed by atoms with Gasteiger partial charge < -0.3 is 40.0 Å². The van der Waals surface area contributed by atoms with Crippen molar-refractivity contribution >= 4 is 49.5 Å². The number of alkyl carbamates (subject to hydrolysis) is 1. The van der Waals surface area contributed by atoms with Crippen LogP contribution in [0.25, 0.3) is 0 Å². The van der Waals surface area contributed by atoms with Crippen LogP contribution in [-0.4, -0.2) is 108 Å². The van der Waals surface area contributed by atoms with Gasteiger partial charge in [0.1, 0.15) is 49.6 Å². The van der Waals surface area contributed by atoms with Crippen LogP contribution in [0.1, 0.15) is 38.0 Å². The normalized spacial score (nSPS) is 17.8. The molecule has 1 saturated heterocycles. The van der Waals surface area contributed by atoms with E-state index in [4.69, 9.17) is 32.5 Å². The van der Waals surface area contributed by atoms with Gasteiger partial charge in [0.05, 0.1) is 26.2 Å². The van der Waals surface area contributed by atoms with Gasteiger partial charge >= 0.3 is 37.5 Å². The second-order valence-corrected chi connectivity index (χ2v) is 14.0. The minimum Gasteiger partial charge on any atom is -0.480 e. The number of aromatic nitrogens is 2. The maximum Gasteiger partial charge on any atom is 0.475 e. The van der Waals surface area contributed by atoms with Gasteiger partial charge in [0.2, 0.25) is 11.8 Å². The third-order valence-electron chi connectivity index (χ3n) is 7.81. The van der Waals surface area contributed by atoms with Gasteiger partial charge in [0.15, 0.2) is 0 Å². The number of ether oxygens (including phenoxy) is 4. The van der Waals surface area contributed by atoms with Gasteiger partial charge in [0.25, 0.3) is 0 Å². The zero-order valence-corrected chi connectivity index (χ0v) is 33.0. The summed E-state index contributed by atoms with van der Waals surface area (Å²) in [6.45, 7) is 9.04. The van der Waals surface area contributed by atoms with Crippen LogP contribution in [0.15, 0.2) is 85.4 Å². The quantitative estimate of drug-likeness (QED) is 0.0483. The molecule has 2 heterocycles. The van der Waals surface area contributed by atoms with E-state index in [9.17, 15) is 43.2 Å². The molecule has 22 heteroatoms. The molecule has 0 spiro atoms. The van der Waals surface area contributed by atoms with E-state index >= 15 is 0 Å². The Kier molecular flexibility index (Phi) is 19.3. The number of benzene rings is 1. The summed E-state index contributed by atoms with van der Waals surface area (Å²) < 4.78 is 52.2. The Hall–Kier alpha value is -5.99. The Labute approximate surface area is 338 Å². The number of carbonyl (C=O) groups is 6. The first-order valence-corrected chi connectivity index (χ1v) is 19.4. The van der Waals surface area contributed by atoms with Crippen molar-refractivity contribution < 1.29 is 71.0 Å². The standard InChI is InChI=1S/C37H46N5O16P/c1-5-17-52-33(45)14-13-26(35(47)48)38-34(46)27(39-37(50)53-18-6-2)22-55-59(51,54-19-7-3)56-23-29-28(57-24(4)43)21-32(58-29)42-16-15-30(41-36(42)49)40-31(44)20-25-11-9-8-10-12-25/h5-12,15-16,26-29,32H,1-3,13-14,17-23H2,4H3,(H,38,46)(H,39,50)(H,47,48)(H,40,41,44,49)/t26-,27-,28-,29+,32+,59?/m0/s1. The van der Waals surface area contributed by atoms with Crippen LogP contribution in [0.2, 0.25) is 0 Å². The summed E-state index contributed by atoms with van der Waals surface area (Å²) in [6, 6.07) is 6.86. The lowest BCUT2D eigenvalue weighted by Crippen LogP contribution is -2.53.